The van der Waals surface area contributed by atoms with Crippen molar-refractivity contribution in [3.05, 3.63) is 81.2 Å². The highest BCUT2D eigenvalue weighted by Crippen LogP contribution is 2.38. The smallest absolute Gasteiger partial charge is 0.262 e. The van der Waals surface area contributed by atoms with Gasteiger partial charge in [-0.3, -0.25) is 14.2 Å². The standard InChI is InChI=1S/C24H20N4O3S2/c29-22(28-19(20-7-3-11-31-20)13-18(26-28)21-8-4-12-32-21)14-33-24-25-17-6-2-1-5-16(17)23(30)27(24)15-9-10-15/h1-8,11-12,15,19H,9-10,13-14H2/t19-/m1/s1. The molecule has 7 nitrogen and oxygen atoms in total. The van der Waals surface area contributed by atoms with Crippen LogP contribution in [-0.4, -0.2) is 31.9 Å². The third kappa shape index (κ3) is 3.81. The highest BCUT2D eigenvalue weighted by molar-refractivity contribution is 7.99. The summed E-state index contributed by atoms with van der Waals surface area (Å²) >= 11 is 2.91. The van der Waals surface area contributed by atoms with Gasteiger partial charge in [-0.25, -0.2) is 9.99 Å². The zero-order chi connectivity index (χ0) is 22.4. The molecule has 9 heteroatoms. The van der Waals surface area contributed by atoms with E-state index >= 15 is 0 Å². The van der Waals surface area contributed by atoms with Gasteiger partial charge in [0, 0.05) is 12.5 Å². The van der Waals surface area contributed by atoms with Crippen LogP contribution < -0.4 is 5.56 Å². The van der Waals surface area contributed by atoms with Gasteiger partial charge >= 0.3 is 0 Å². The first-order chi connectivity index (χ1) is 16.2. The molecule has 1 aliphatic carbocycles. The van der Waals surface area contributed by atoms with Crippen molar-refractivity contribution in [3.8, 4) is 0 Å². The zero-order valence-corrected chi connectivity index (χ0v) is 19.2. The summed E-state index contributed by atoms with van der Waals surface area (Å²) in [6.07, 6.45) is 4.14. The molecule has 1 fully saturated rings. The van der Waals surface area contributed by atoms with Crippen molar-refractivity contribution in [2.45, 2.75) is 36.5 Å². The molecule has 1 atom stereocenters. The minimum atomic E-state index is -0.277. The van der Waals surface area contributed by atoms with Gasteiger partial charge in [-0.2, -0.15) is 5.10 Å². The molecule has 33 heavy (non-hydrogen) atoms. The molecule has 0 unspecified atom stereocenters. The van der Waals surface area contributed by atoms with Crippen LogP contribution in [0.3, 0.4) is 0 Å². The average Bonchev–Trinajstić information content (AvgIpc) is 3.26. The molecule has 1 amide bonds. The Balaban J connectivity index is 1.29. The summed E-state index contributed by atoms with van der Waals surface area (Å²) in [7, 11) is 0. The molecule has 166 valence electrons. The van der Waals surface area contributed by atoms with E-state index in [1.54, 1.807) is 22.2 Å². The van der Waals surface area contributed by atoms with E-state index in [0.29, 0.717) is 28.2 Å². The lowest BCUT2D eigenvalue weighted by atomic mass is 10.1. The van der Waals surface area contributed by atoms with Gasteiger partial charge in [0.15, 0.2) is 5.16 Å². The molecule has 3 aromatic heterocycles. The fraction of sp³-hybridized carbons (Fsp3) is 0.250. The molecule has 2 aliphatic rings. The Kier molecular flexibility index (Phi) is 5.15. The van der Waals surface area contributed by atoms with Gasteiger partial charge in [-0.1, -0.05) is 30.0 Å². The minimum Gasteiger partial charge on any atom is -0.467 e. The number of hydrogen-bond donors (Lipinski definition) is 0. The minimum absolute atomic E-state index is 0.0364. The lowest BCUT2D eigenvalue weighted by Gasteiger charge is -2.20. The Hall–Kier alpha value is -3.17. The number of benzene rings is 1. The Morgan fingerprint density at radius 3 is 2.79 bits per heavy atom. The van der Waals surface area contributed by atoms with Crippen LogP contribution in [0.2, 0.25) is 0 Å². The second kappa shape index (κ2) is 8.31. The Labute approximate surface area is 197 Å². The van der Waals surface area contributed by atoms with Gasteiger partial charge in [0.25, 0.3) is 11.5 Å². The third-order valence-electron chi connectivity index (χ3n) is 5.86. The van der Waals surface area contributed by atoms with E-state index in [0.717, 1.165) is 23.4 Å². The van der Waals surface area contributed by atoms with Gasteiger partial charge in [0.1, 0.15) is 11.8 Å². The quantitative estimate of drug-likeness (QED) is 0.293. The van der Waals surface area contributed by atoms with Crippen molar-refractivity contribution in [1.29, 1.82) is 0 Å². The molecule has 0 saturated heterocycles. The van der Waals surface area contributed by atoms with Gasteiger partial charge in [0.05, 0.1) is 33.5 Å². The number of fused-ring (bicyclic) bond motifs is 1. The van der Waals surface area contributed by atoms with Crippen molar-refractivity contribution in [2.24, 2.45) is 5.10 Å². The van der Waals surface area contributed by atoms with E-state index < -0.39 is 0 Å². The van der Waals surface area contributed by atoms with Crippen molar-refractivity contribution in [2.75, 3.05) is 5.75 Å². The van der Waals surface area contributed by atoms with Crippen LogP contribution in [0.4, 0.5) is 0 Å². The first kappa shape index (κ1) is 20.4. The molecular weight excluding hydrogens is 456 g/mol. The van der Waals surface area contributed by atoms with Gasteiger partial charge in [0.2, 0.25) is 0 Å². The predicted molar refractivity (Wildman–Crippen MR) is 129 cm³/mol. The van der Waals surface area contributed by atoms with Crippen molar-refractivity contribution in [1.82, 2.24) is 14.6 Å². The first-order valence-corrected chi connectivity index (χ1v) is 12.7. The zero-order valence-electron chi connectivity index (χ0n) is 17.6. The van der Waals surface area contributed by atoms with Crippen LogP contribution >= 0.6 is 23.1 Å². The normalized spacial score (nSPS) is 18.1. The van der Waals surface area contributed by atoms with Gasteiger partial charge in [-0.15, -0.1) is 11.3 Å². The molecule has 6 rings (SSSR count). The van der Waals surface area contributed by atoms with E-state index in [4.69, 9.17) is 9.40 Å². The van der Waals surface area contributed by atoms with Crippen LogP contribution in [0, 0.1) is 0 Å². The van der Waals surface area contributed by atoms with Crippen LogP contribution in [0.25, 0.3) is 10.9 Å². The lowest BCUT2D eigenvalue weighted by Crippen LogP contribution is -2.29. The fourth-order valence-electron chi connectivity index (χ4n) is 4.11. The maximum atomic E-state index is 13.3. The molecule has 1 saturated carbocycles. The van der Waals surface area contributed by atoms with Crippen LogP contribution in [-0.2, 0) is 4.79 Å². The molecule has 0 bridgehead atoms. The number of hydrogen-bond acceptors (Lipinski definition) is 7. The molecule has 4 heterocycles. The number of hydrazone groups is 1. The van der Waals surface area contributed by atoms with E-state index in [1.807, 2.05) is 53.9 Å². The largest absolute Gasteiger partial charge is 0.467 e. The highest BCUT2D eigenvalue weighted by Gasteiger charge is 2.35. The van der Waals surface area contributed by atoms with Crippen molar-refractivity contribution >= 4 is 45.6 Å². The maximum Gasteiger partial charge on any atom is 0.262 e. The topological polar surface area (TPSA) is 80.7 Å². The lowest BCUT2D eigenvalue weighted by molar-refractivity contribution is -0.130. The van der Waals surface area contributed by atoms with Crippen molar-refractivity contribution in [3.63, 3.8) is 0 Å². The number of furan rings is 1. The summed E-state index contributed by atoms with van der Waals surface area (Å²) < 4.78 is 7.38. The number of nitrogens with zero attached hydrogens (tertiary/aromatic N) is 4. The number of rotatable bonds is 6. The molecule has 4 aromatic rings. The SMILES string of the molecule is O=C(CSc1nc2ccccc2c(=O)n1C1CC1)N1N=C(c2cccs2)C[C@@H]1c1ccco1. The number of para-hydroxylation sites is 1. The molecule has 0 N–H and O–H groups in total. The summed E-state index contributed by atoms with van der Waals surface area (Å²) in [5.74, 6) is 0.704. The average molecular weight is 477 g/mol. The summed E-state index contributed by atoms with van der Waals surface area (Å²) in [6.45, 7) is 0. The first-order valence-electron chi connectivity index (χ1n) is 10.8. The fourth-order valence-corrected chi connectivity index (χ4v) is 5.75. The Morgan fingerprint density at radius 2 is 2.03 bits per heavy atom. The summed E-state index contributed by atoms with van der Waals surface area (Å²) in [6, 6.07) is 14.9. The predicted octanol–water partition coefficient (Wildman–Crippen LogP) is 4.86. The summed E-state index contributed by atoms with van der Waals surface area (Å²) in [5, 5.41) is 9.40. The van der Waals surface area contributed by atoms with Crippen LogP contribution in [0.15, 0.2) is 79.6 Å². The number of thioether (sulfide) groups is 1. The molecule has 0 spiro atoms. The van der Waals surface area contributed by atoms with Crippen LogP contribution in [0.1, 0.15) is 42.0 Å². The molecule has 1 aromatic carbocycles. The number of carbonyl (C=O) groups is 1. The molecule has 1 aliphatic heterocycles. The Morgan fingerprint density at radius 1 is 1.15 bits per heavy atom. The van der Waals surface area contributed by atoms with E-state index in [1.165, 1.54) is 16.8 Å². The van der Waals surface area contributed by atoms with Crippen LogP contribution in [0.5, 0.6) is 0 Å². The Bertz CT molecular complexity index is 1410. The second-order valence-corrected chi connectivity index (χ2v) is 9.99. The van der Waals surface area contributed by atoms with Crippen molar-refractivity contribution < 1.29 is 9.21 Å². The number of amides is 1. The number of aromatic nitrogens is 2. The van der Waals surface area contributed by atoms with E-state index in [2.05, 4.69) is 5.10 Å². The number of thiophene rings is 1. The monoisotopic (exact) mass is 476 g/mol. The van der Waals surface area contributed by atoms with Gasteiger partial charge < -0.3 is 4.42 Å². The summed E-state index contributed by atoms with van der Waals surface area (Å²) in [4.78, 5) is 32.2. The number of carbonyl (C=O) groups excluding carboxylic acids is 1. The van der Waals surface area contributed by atoms with Gasteiger partial charge in [-0.05, 0) is 48.6 Å². The van der Waals surface area contributed by atoms with E-state index in [-0.39, 0.29) is 29.3 Å². The second-order valence-electron chi connectivity index (χ2n) is 8.10. The molecular formula is C24H20N4O3S2. The molecule has 0 radical (unpaired) electrons. The maximum absolute atomic E-state index is 13.3. The van der Waals surface area contributed by atoms with E-state index in [9.17, 15) is 9.59 Å². The third-order valence-corrected chi connectivity index (χ3v) is 7.71. The summed E-state index contributed by atoms with van der Waals surface area (Å²) in [5.41, 5.74) is 1.50. The highest BCUT2D eigenvalue weighted by atomic mass is 32.2.